The molecule has 1 rings (SSSR count). The highest BCUT2D eigenvalue weighted by Gasteiger charge is 2.21. The van der Waals surface area contributed by atoms with E-state index in [1.54, 1.807) is 0 Å². The van der Waals surface area contributed by atoms with Crippen molar-refractivity contribution in [2.45, 2.75) is 26.3 Å². The smallest absolute Gasteiger partial charge is 0.222 e. The summed E-state index contributed by atoms with van der Waals surface area (Å²) < 4.78 is 0. The second kappa shape index (κ2) is 3.90. The van der Waals surface area contributed by atoms with Gasteiger partial charge >= 0.3 is 0 Å². The van der Waals surface area contributed by atoms with Crippen LogP contribution in [-0.2, 0) is 4.79 Å². The zero-order valence-corrected chi connectivity index (χ0v) is 8.13. The molecule has 1 saturated heterocycles. The van der Waals surface area contributed by atoms with Gasteiger partial charge in [0.25, 0.3) is 0 Å². The Labute approximate surface area is 74.1 Å². The second-order valence-electron chi connectivity index (χ2n) is 3.91. The van der Waals surface area contributed by atoms with Crippen LogP contribution in [0.5, 0.6) is 0 Å². The molecule has 1 atom stereocenters. The van der Waals surface area contributed by atoms with Gasteiger partial charge in [-0.3, -0.25) is 4.79 Å². The molecule has 12 heavy (non-hydrogen) atoms. The van der Waals surface area contributed by atoms with Crippen molar-refractivity contribution in [1.29, 1.82) is 0 Å². The Morgan fingerprint density at radius 3 is 2.67 bits per heavy atom. The first kappa shape index (κ1) is 9.52. The number of amides is 1. The fourth-order valence-corrected chi connectivity index (χ4v) is 1.42. The van der Waals surface area contributed by atoms with Gasteiger partial charge in [-0.25, -0.2) is 0 Å². The van der Waals surface area contributed by atoms with Gasteiger partial charge in [0, 0.05) is 18.5 Å². The van der Waals surface area contributed by atoms with E-state index in [0.29, 0.717) is 6.04 Å². The molecule has 0 spiro atoms. The molecule has 70 valence electrons. The molecule has 0 unspecified atom stereocenters. The average Bonchev–Trinajstić information content (AvgIpc) is 2.35. The number of nitrogens with zero attached hydrogens (tertiary/aromatic N) is 1. The highest BCUT2D eigenvalue weighted by molar-refractivity contribution is 5.78. The maximum Gasteiger partial charge on any atom is 0.222 e. The number of hydrogen-bond donors (Lipinski definition) is 1. The lowest BCUT2D eigenvalue weighted by molar-refractivity contribution is -0.124. The second-order valence-corrected chi connectivity index (χ2v) is 3.91. The van der Waals surface area contributed by atoms with E-state index in [0.717, 1.165) is 19.5 Å². The Balaban J connectivity index is 2.28. The number of rotatable bonds is 2. The standard InChI is InChI=1S/C9H18N2O/c1-7(2)9(12)10-8-4-5-11(3)6-8/h7-8H,4-6H2,1-3H3,(H,10,12)/t8-/m0/s1. The van der Waals surface area contributed by atoms with E-state index < -0.39 is 0 Å². The SMILES string of the molecule is CC(C)C(=O)N[C@H]1CCN(C)C1. The molecule has 1 N–H and O–H groups in total. The first-order chi connectivity index (χ1) is 5.59. The van der Waals surface area contributed by atoms with Gasteiger partial charge in [-0.1, -0.05) is 13.8 Å². The Bertz CT molecular complexity index is 168. The fraction of sp³-hybridized carbons (Fsp3) is 0.889. The zero-order valence-electron chi connectivity index (χ0n) is 8.13. The molecule has 1 amide bonds. The average molecular weight is 170 g/mol. The van der Waals surface area contributed by atoms with Crippen molar-refractivity contribution in [2.24, 2.45) is 5.92 Å². The number of likely N-dealkylation sites (N-methyl/N-ethyl adjacent to an activating group) is 1. The number of nitrogens with one attached hydrogen (secondary N) is 1. The van der Waals surface area contributed by atoms with Crippen LogP contribution in [0.2, 0.25) is 0 Å². The van der Waals surface area contributed by atoms with Gasteiger partial charge in [0.05, 0.1) is 0 Å². The summed E-state index contributed by atoms with van der Waals surface area (Å²) in [5.41, 5.74) is 0. The third kappa shape index (κ3) is 2.48. The summed E-state index contributed by atoms with van der Waals surface area (Å²) in [4.78, 5) is 13.5. The molecule has 0 aromatic heterocycles. The first-order valence-corrected chi connectivity index (χ1v) is 4.58. The van der Waals surface area contributed by atoms with Gasteiger partial charge in [0.15, 0.2) is 0 Å². The third-order valence-electron chi connectivity index (χ3n) is 2.26. The van der Waals surface area contributed by atoms with E-state index in [9.17, 15) is 4.79 Å². The van der Waals surface area contributed by atoms with Gasteiger partial charge in [-0.2, -0.15) is 0 Å². The van der Waals surface area contributed by atoms with Crippen LogP contribution in [0.15, 0.2) is 0 Å². The maximum atomic E-state index is 11.3. The van der Waals surface area contributed by atoms with Crippen LogP contribution in [0, 0.1) is 5.92 Å². The van der Waals surface area contributed by atoms with Crippen molar-refractivity contribution >= 4 is 5.91 Å². The third-order valence-corrected chi connectivity index (χ3v) is 2.26. The van der Waals surface area contributed by atoms with E-state index >= 15 is 0 Å². The number of hydrogen-bond acceptors (Lipinski definition) is 2. The summed E-state index contributed by atoms with van der Waals surface area (Å²) in [6, 6.07) is 0.380. The van der Waals surface area contributed by atoms with Gasteiger partial charge in [-0.05, 0) is 20.0 Å². The minimum absolute atomic E-state index is 0.107. The Hall–Kier alpha value is -0.570. The summed E-state index contributed by atoms with van der Waals surface area (Å²) in [6.45, 7) is 5.95. The summed E-state index contributed by atoms with van der Waals surface area (Å²) in [5, 5.41) is 3.03. The summed E-state index contributed by atoms with van der Waals surface area (Å²) in [7, 11) is 2.08. The molecule has 0 saturated carbocycles. The minimum atomic E-state index is 0.107. The van der Waals surface area contributed by atoms with Crippen LogP contribution in [0.25, 0.3) is 0 Å². The molecule has 0 bridgehead atoms. The Kier molecular flexibility index (Phi) is 3.09. The number of carbonyl (C=O) groups excluding carboxylic acids is 1. The molecule has 0 aromatic carbocycles. The van der Waals surface area contributed by atoms with Crippen LogP contribution in [0.1, 0.15) is 20.3 Å². The monoisotopic (exact) mass is 170 g/mol. The molecular weight excluding hydrogens is 152 g/mol. The van der Waals surface area contributed by atoms with Crippen LogP contribution in [-0.4, -0.2) is 37.0 Å². The largest absolute Gasteiger partial charge is 0.352 e. The highest BCUT2D eigenvalue weighted by Crippen LogP contribution is 2.06. The Morgan fingerprint density at radius 2 is 2.25 bits per heavy atom. The summed E-state index contributed by atoms with van der Waals surface area (Å²) in [5.74, 6) is 0.284. The van der Waals surface area contributed by atoms with Crippen molar-refractivity contribution < 1.29 is 4.79 Å². The van der Waals surface area contributed by atoms with Crippen molar-refractivity contribution in [3.63, 3.8) is 0 Å². The normalized spacial score (nSPS) is 24.8. The van der Waals surface area contributed by atoms with Crippen molar-refractivity contribution in [1.82, 2.24) is 10.2 Å². The molecule has 0 radical (unpaired) electrons. The predicted molar refractivity (Wildman–Crippen MR) is 48.9 cm³/mol. The van der Waals surface area contributed by atoms with E-state index in [1.165, 1.54) is 0 Å². The molecule has 0 aromatic rings. The minimum Gasteiger partial charge on any atom is -0.352 e. The van der Waals surface area contributed by atoms with E-state index in [4.69, 9.17) is 0 Å². The van der Waals surface area contributed by atoms with E-state index in [-0.39, 0.29) is 11.8 Å². The number of carbonyl (C=O) groups is 1. The maximum absolute atomic E-state index is 11.3. The van der Waals surface area contributed by atoms with Crippen molar-refractivity contribution in [2.75, 3.05) is 20.1 Å². The molecule has 3 heteroatoms. The van der Waals surface area contributed by atoms with Crippen molar-refractivity contribution in [3.8, 4) is 0 Å². The topological polar surface area (TPSA) is 32.3 Å². The van der Waals surface area contributed by atoms with Crippen LogP contribution in [0.3, 0.4) is 0 Å². The van der Waals surface area contributed by atoms with E-state index in [2.05, 4.69) is 17.3 Å². The van der Waals surface area contributed by atoms with Crippen LogP contribution >= 0.6 is 0 Å². The highest BCUT2D eigenvalue weighted by atomic mass is 16.1. The van der Waals surface area contributed by atoms with Gasteiger partial charge in [0.2, 0.25) is 5.91 Å². The quantitative estimate of drug-likeness (QED) is 0.653. The molecule has 1 aliphatic rings. The zero-order chi connectivity index (χ0) is 9.14. The lowest BCUT2D eigenvalue weighted by Crippen LogP contribution is -2.38. The molecule has 1 aliphatic heterocycles. The van der Waals surface area contributed by atoms with Gasteiger partial charge in [-0.15, -0.1) is 0 Å². The van der Waals surface area contributed by atoms with E-state index in [1.807, 2.05) is 13.8 Å². The molecule has 0 aliphatic carbocycles. The predicted octanol–water partition coefficient (Wildman–Crippen LogP) is 0.463. The molecule has 3 nitrogen and oxygen atoms in total. The molecule has 1 fully saturated rings. The molecule has 1 heterocycles. The van der Waals surface area contributed by atoms with Crippen LogP contribution < -0.4 is 5.32 Å². The van der Waals surface area contributed by atoms with Gasteiger partial charge in [0.1, 0.15) is 0 Å². The van der Waals surface area contributed by atoms with Crippen LogP contribution in [0.4, 0.5) is 0 Å². The van der Waals surface area contributed by atoms with Crippen molar-refractivity contribution in [3.05, 3.63) is 0 Å². The van der Waals surface area contributed by atoms with Gasteiger partial charge < -0.3 is 10.2 Å². The fourth-order valence-electron chi connectivity index (χ4n) is 1.42. The summed E-state index contributed by atoms with van der Waals surface area (Å²) in [6.07, 6.45) is 1.09. The lowest BCUT2D eigenvalue weighted by atomic mass is 10.2. The number of likely N-dealkylation sites (tertiary alicyclic amines) is 1. The summed E-state index contributed by atoms with van der Waals surface area (Å²) >= 11 is 0. The first-order valence-electron chi connectivity index (χ1n) is 4.58. The molecular formula is C9H18N2O. The lowest BCUT2D eigenvalue weighted by Gasteiger charge is -2.14. The Morgan fingerprint density at radius 1 is 1.58 bits per heavy atom.